The normalized spacial score (nSPS) is 23.7. The van der Waals surface area contributed by atoms with Gasteiger partial charge in [-0.3, -0.25) is 0 Å². The minimum Gasteiger partial charge on any atom is -0.478 e. The first-order valence-corrected chi connectivity index (χ1v) is 8.60. The highest BCUT2D eigenvalue weighted by atomic mass is 16.4. The molecule has 25 heavy (non-hydrogen) atoms. The molecule has 0 saturated carbocycles. The summed E-state index contributed by atoms with van der Waals surface area (Å²) >= 11 is 0. The van der Waals surface area contributed by atoms with Gasteiger partial charge in [0, 0.05) is 11.6 Å². The van der Waals surface area contributed by atoms with Crippen molar-refractivity contribution in [2.75, 3.05) is 5.32 Å². The number of aromatic carboxylic acids is 1. The molecule has 3 N–H and O–H groups in total. The van der Waals surface area contributed by atoms with E-state index in [9.17, 15) is 9.90 Å². The Bertz CT molecular complexity index is 854. The average Bonchev–Trinajstić information content (AvgIpc) is 3.11. The Hall–Kier alpha value is -2.59. The molecule has 1 aliphatic carbocycles. The van der Waals surface area contributed by atoms with Crippen LogP contribution in [0, 0.1) is 12.8 Å². The Morgan fingerprint density at radius 3 is 2.64 bits per heavy atom. The largest absolute Gasteiger partial charge is 0.478 e. The number of nitrogens with one attached hydrogen (secondary N) is 1. The fraction of sp³-hybridized carbons (Fsp3) is 0.286. The maximum atomic E-state index is 11.1. The molecule has 0 unspecified atom stereocenters. The molecule has 4 heteroatoms. The second-order valence-corrected chi connectivity index (χ2v) is 6.89. The van der Waals surface area contributed by atoms with Crippen molar-refractivity contribution in [3.63, 3.8) is 0 Å². The van der Waals surface area contributed by atoms with E-state index in [1.807, 2.05) is 24.3 Å². The van der Waals surface area contributed by atoms with Gasteiger partial charge in [-0.2, -0.15) is 0 Å². The van der Waals surface area contributed by atoms with Gasteiger partial charge in [-0.25, -0.2) is 4.79 Å². The quantitative estimate of drug-likeness (QED) is 0.741. The van der Waals surface area contributed by atoms with Crippen molar-refractivity contribution in [3.05, 3.63) is 76.4 Å². The Kier molecular flexibility index (Phi) is 3.85. The van der Waals surface area contributed by atoms with Gasteiger partial charge in [-0.15, -0.1) is 0 Å². The number of fused-ring (bicyclic) bond motifs is 3. The van der Waals surface area contributed by atoms with Gasteiger partial charge in [0.15, 0.2) is 0 Å². The van der Waals surface area contributed by atoms with Crippen LogP contribution in [-0.4, -0.2) is 16.2 Å². The topological polar surface area (TPSA) is 69.6 Å². The summed E-state index contributed by atoms with van der Waals surface area (Å²) in [6, 6.07) is 11.3. The number of carboxylic acid groups (broad SMARTS) is 1. The number of anilines is 1. The number of benzene rings is 2. The van der Waals surface area contributed by atoms with Crippen LogP contribution in [0.3, 0.4) is 0 Å². The Morgan fingerprint density at radius 2 is 1.96 bits per heavy atom. The molecule has 0 fully saturated rings. The van der Waals surface area contributed by atoms with Crippen LogP contribution >= 0.6 is 0 Å². The molecule has 128 valence electrons. The predicted octanol–water partition coefficient (Wildman–Crippen LogP) is 4.01. The highest BCUT2D eigenvalue weighted by Crippen LogP contribution is 2.51. The Labute approximate surface area is 146 Å². The fourth-order valence-electron chi connectivity index (χ4n) is 4.23. The average molecular weight is 335 g/mol. The molecule has 4 rings (SSSR count). The van der Waals surface area contributed by atoms with E-state index in [1.165, 1.54) is 5.56 Å². The maximum Gasteiger partial charge on any atom is 0.335 e. The van der Waals surface area contributed by atoms with Crippen molar-refractivity contribution in [1.29, 1.82) is 0 Å². The summed E-state index contributed by atoms with van der Waals surface area (Å²) in [5, 5.41) is 22.6. The van der Waals surface area contributed by atoms with Crippen molar-refractivity contribution in [2.45, 2.75) is 31.9 Å². The molecule has 2 aromatic rings. The lowest BCUT2D eigenvalue weighted by atomic mass is 9.75. The lowest BCUT2D eigenvalue weighted by Gasteiger charge is -2.39. The van der Waals surface area contributed by atoms with E-state index >= 15 is 0 Å². The summed E-state index contributed by atoms with van der Waals surface area (Å²) in [6.45, 7) is 2.12. The monoisotopic (exact) mass is 335 g/mol. The summed E-state index contributed by atoms with van der Waals surface area (Å²) in [5.74, 6) is -0.255. The standard InChI is InChI=1S/C21H21NO3/c1-12-5-6-15(11-23)18-16-3-2-4-17(16)20(22-19(12)18)13-7-9-14(10-8-13)21(24)25/h2-3,5-10,16-17,20,22-23H,4,11H2,1H3,(H,24,25)/t16-,17+,20-/m1/s1. The van der Waals surface area contributed by atoms with Gasteiger partial charge in [0.1, 0.15) is 0 Å². The van der Waals surface area contributed by atoms with Crippen LogP contribution < -0.4 is 5.32 Å². The van der Waals surface area contributed by atoms with Crippen LogP contribution in [0.1, 0.15) is 51.0 Å². The molecule has 0 radical (unpaired) electrons. The Balaban J connectivity index is 1.78. The van der Waals surface area contributed by atoms with Crippen LogP contribution in [0.2, 0.25) is 0 Å². The van der Waals surface area contributed by atoms with Crippen LogP contribution in [-0.2, 0) is 6.61 Å². The minimum atomic E-state index is -0.905. The zero-order chi connectivity index (χ0) is 17.6. The zero-order valence-corrected chi connectivity index (χ0v) is 14.1. The highest BCUT2D eigenvalue weighted by molar-refractivity contribution is 5.87. The van der Waals surface area contributed by atoms with Gasteiger partial charge in [0.05, 0.1) is 18.2 Å². The number of aryl methyl sites for hydroxylation is 1. The molecule has 2 aliphatic rings. The summed E-state index contributed by atoms with van der Waals surface area (Å²) in [4.78, 5) is 11.1. The van der Waals surface area contributed by atoms with E-state index in [2.05, 4.69) is 24.4 Å². The van der Waals surface area contributed by atoms with Crippen LogP contribution in [0.15, 0.2) is 48.6 Å². The molecular weight excluding hydrogens is 314 g/mol. The maximum absolute atomic E-state index is 11.1. The number of aliphatic hydroxyl groups is 1. The first-order valence-electron chi connectivity index (χ1n) is 8.60. The van der Waals surface area contributed by atoms with E-state index in [4.69, 9.17) is 5.11 Å². The number of rotatable bonds is 3. The van der Waals surface area contributed by atoms with Gasteiger partial charge >= 0.3 is 5.97 Å². The number of hydrogen-bond donors (Lipinski definition) is 3. The first kappa shape index (κ1) is 15.9. The molecule has 0 bridgehead atoms. The molecule has 4 nitrogen and oxygen atoms in total. The van der Waals surface area contributed by atoms with E-state index < -0.39 is 5.97 Å². The van der Waals surface area contributed by atoms with E-state index in [-0.39, 0.29) is 18.6 Å². The number of hydrogen-bond acceptors (Lipinski definition) is 3. The van der Waals surface area contributed by atoms with Gasteiger partial charge in [-0.05, 0) is 53.6 Å². The lowest BCUT2D eigenvalue weighted by molar-refractivity contribution is 0.0697. The van der Waals surface area contributed by atoms with Crippen molar-refractivity contribution >= 4 is 11.7 Å². The smallest absolute Gasteiger partial charge is 0.335 e. The summed E-state index contributed by atoms with van der Waals surface area (Å²) in [5.41, 5.74) is 5.86. The molecule has 0 amide bonds. The van der Waals surface area contributed by atoms with Crippen molar-refractivity contribution in [2.24, 2.45) is 5.92 Å². The van der Waals surface area contributed by atoms with Gasteiger partial charge in [0.2, 0.25) is 0 Å². The first-order chi connectivity index (χ1) is 12.1. The molecule has 1 aliphatic heterocycles. The molecule has 3 atom stereocenters. The van der Waals surface area contributed by atoms with Gasteiger partial charge < -0.3 is 15.5 Å². The zero-order valence-electron chi connectivity index (χ0n) is 14.1. The summed E-state index contributed by atoms with van der Waals surface area (Å²) in [6.07, 6.45) is 5.44. The van der Waals surface area contributed by atoms with Crippen molar-refractivity contribution < 1.29 is 15.0 Å². The molecule has 2 aromatic carbocycles. The second-order valence-electron chi connectivity index (χ2n) is 6.89. The molecular formula is C21H21NO3. The summed E-state index contributed by atoms with van der Waals surface area (Å²) in [7, 11) is 0. The summed E-state index contributed by atoms with van der Waals surface area (Å²) < 4.78 is 0. The second kappa shape index (κ2) is 6.05. The van der Waals surface area contributed by atoms with Crippen LogP contribution in [0.4, 0.5) is 5.69 Å². The number of carbonyl (C=O) groups is 1. The van der Waals surface area contributed by atoms with Crippen molar-refractivity contribution in [1.82, 2.24) is 0 Å². The van der Waals surface area contributed by atoms with Gasteiger partial charge in [-0.1, -0.05) is 36.4 Å². The fourth-order valence-corrected chi connectivity index (χ4v) is 4.23. The third-order valence-corrected chi connectivity index (χ3v) is 5.51. The Morgan fingerprint density at radius 1 is 1.20 bits per heavy atom. The number of aliphatic hydroxyl groups excluding tert-OH is 1. The molecule has 1 heterocycles. The van der Waals surface area contributed by atoms with Crippen LogP contribution in [0.25, 0.3) is 0 Å². The van der Waals surface area contributed by atoms with E-state index in [1.54, 1.807) is 12.1 Å². The van der Waals surface area contributed by atoms with Crippen LogP contribution in [0.5, 0.6) is 0 Å². The number of carboxylic acids is 1. The minimum absolute atomic E-state index is 0.0410. The van der Waals surface area contributed by atoms with Crippen molar-refractivity contribution in [3.8, 4) is 0 Å². The third-order valence-electron chi connectivity index (χ3n) is 5.51. The third kappa shape index (κ3) is 2.53. The molecule has 0 saturated heterocycles. The van der Waals surface area contributed by atoms with E-state index in [0.717, 1.165) is 28.8 Å². The predicted molar refractivity (Wildman–Crippen MR) is 96.9 cm³/mol. The number of allylic oxidation sites excluding steroid dienone is 2. The highest BCUT2D eigenvalue weighted by Gasteiger charge is 2.39. The van der Waals surface area contributed by atoms with E-state index in [0.29, 0.717) is 11.5 Å². The lowest BCUT2D eigenvalue weighted by Crippen LogP contribution is -2.30. The molecule has 0 aromatic heterocycles. The van der Waals surface area contributed by atoms with Gasteiger partial charge in [0.25, 0.3) is 0 Å². The molecule has 0 spiro atoms. The SMILES string of the molecule is Cc1ccc(CO)c2c1N[C@H](c1ccc(C(=O)O)cc1)[C@H]1CC=C[C@@H]21.